The maximum atomic E-state index is 4.41. The molecule has 0 amide bonds. The molecule has 11 heavy (non-hydrogen) atoms. The molecule has 0 aromatic carbocycles. The second-order valence-electron chi connectivity index (χ2n) is 2.73. The first-order valence-corrected chi connectivity index (χ1v) is 5.86. The van der Waals surface area contributed by atoms with Crippen LogP contribution in [-0.2, 0) is 0 Å². The van der Waals surface area contributed by atoms with Crippen LogP contribution in [0.25, 0.3) is 0 Å². The average Bonchev–Trinajstić information content (AvgIpc) is 2.60. The zero-order chi connectivity index (χ0) is 7.52. The lowest BCUT2D eigenvalue weighted by Crippen LogP contribution is -2.10. The lowest BCUT2D eigenvalue weighted by atomic mass is 10.4. The molecule has 1 saturated heterocycles. The normalized spacial score (nSPS) is 30.9. The second-order valence-corrected chi connectivity index (χ2v) is 5.36. The molecule has 0 radical (unpaired) electrons. The highest BCUT2D eigenvalue weighted by Crippen LogP contribution is 2.28. The van der Waals surface area contributed by atoms with Gasteiger partial charge >= 0.3 is 0 Å². The molecule has 2 aliphatic rings. The van der Waals surface area contributed by atoms with Crippen LogP contribution in [0.4, 0.5) is 0 Å². The quantitative estimate of drug-likeness (QED) is 0.669. The molecule has 1 fully saturated rings. The molecule has 2 nitrogen and oxygen atoms in total. The van der Waals surface area contributed by atoms with Crippen LogP contribution in [-0.4, -0.2) is 35.0 Å². The van der Waals surface area contributed by atoms with Crippen molar-refractivity contribution in [2.24, 2.45) is 4.99 Å². The molecule has 1 N–H and O–H groups in total. The molecule has 0 aromatic heterocycles. The lowest BCUT2D eigenvalue weighted by molar-refractivity contribution is 0.859. The topological polar surface area (TPSA) is 24.4 Å². The summed E-state index contributed by atoms with van der Waals surface area (Å²) in [5, 5.41) is 4.15. The Hall–Kier alpha value is 0.330. The predicted molar refractivity (Wildman–Crippen MR) is 53.6 cm³/mol. The van der Waals surface area contributed by atoms with Crippen LogP contribution in [0, 0.1) is 0 Å². The second kappa shape index (κ2) is 3.83. The maximum absolute atomic E-state index is 4.41. The van der Waals surface area contributed by atoms with E-state index in [1.54, 1.807) is 0 Å². The van der Waals surface area contributed by atoms with Crippen LogP contribution in [0.1, 0.15) is 6.42 Å². The van der Waals surface area contributed by atoms with Gasteiger partial charge in [-0.1, -0.05) is 23.5 Å². The Labute approximate surface area is 75.6 Å². The molecular weight excluding hydrogens is 176 g/mol. The fourth-order valence-electron chi connectivity index (χ4n) is 1.26. The Morgan fingerprint density at radius 3 is 3.27 bits per heavy atom. The standard InChI is InChI=1S/C7H12N2S2/c1-2-8-5-6(1)11-7-9-3-4-10-7/h6,8H,1-5H2/t6-/m1/s1. The minimum absolute atomic E-state index is 0.791. The number of nitrogens with zero attached hydrogens (tertiary/aromatic N) is 1. The summed E-state index contributed by atoms with van der Waals surface area (Å²) in [7, 11) is 0. The molecule has 0 unspecified atom stereocenters. The van der Waals surface area contributed by atoms with E-state index in [2.05, 4.69) is 10.3 Å². The number of hydrogen-bond donors (Lipinski definition) is 1. The summed E-state index contributed by atoms with van der Waals surface area (Å²) < 4.78 is 1.32. The molecular formula is C7H12N2S2. The lowest BCUT2D eigenvalue weighted by Gasteiger charge is -2.05. The number of thioether (sulfide) groups is 2. The third-order valence-corrected chi connectivity index (χ3v) is 4.31. The zero-order valence-electron chi connectivity index (χ0n) is 6.38. The summed E-state index contributed by atoms with van der Waals surface area (Å²) >= 11 is 3.88. The van der Waals surface area contributed by atoms with Gasteiger partial charge in [0.25, 0.3) is 0 Å². The van der Waals surface area contributed by atoms with Crippen LogP contribution in [0.5, 0.6) is 0 Å². The molecule has 2 heterocycles. The number of aliphatic imine (C=N–C) groups is 1. The smallest absolute Gasteiger partial charge is 0.124 e. The van der Waals surface area contributed by atoms with E-state index in [0.29, 0.717) is 0 Å². The van der Waals surface area contributed by atoms with E-state index in [9.17, 15) is 0 Å². The zero-order valence-corrected chi connectivity index (χ0v) is 8.01. The van der Waals surface area contributed by atoms with Gasteiger partial charge < -0.3 is 5.32 Å². The maximum Gasteiger partial charge on any atom is 0.124 e. The Kier molecular flexibility index (Phi) is 2.77. The molecule has 2 rings (SSSR count). The Morgan fingerprint density at radius 1 is 1.64 bits per heavy atom. The molecule has 0 aliphatic carbocycles. The highest BCUT2D eigenvalue weighted by atomic mass is 32.2. The van der Waals surface area contributed by atoms with E-state index in [-0.39, 0.29) is 0 Å². The van der Waals surface area contributed by atoms with Crippen LogP contribution in [0.3, 0.4) is 0 Å². The van der Waals surface area contributed by atoms with E-state index < -0.39 is 0 Å². The third-order valence-electron chi connectivity index (χ3n) is 1.84. The minimum atomic E-state index is 0.791. The van der Waals surface area contributed by atoms with Crippen molar-refractivity contribution in [2.75, 3.05) is 25.4 Å². The van der Waals surface area contributed by atoms with Gasteiger partial charge in [0.1, 0.15) is 4.38 Å². The summed E-state index contributed by atoms with van der Waals surface area (Å²) in [6.07, 6.45) is 1.31. The molecule has 4 heteroatoms. The Bertz CT molecular complexity index is 164. The summed E-state index contributed by atoms with van der Waals surface area (Å²) in [5.74, 6) is 1.20. The SMILES string of the molecule is C1CSC(S[C@@H]2CCNC2)=N1. The van der Waals surface area contributed by atoms with Crippen LogP contribution in [0.2, 0.25) is 0 Å². The Morgan fingerprint density at radius 2 is 2.64 bits per heavy atom. The first kappa shape index (κ1) is 7.95. The van der Waals surface area contributed by atoms with Gasteiger partial charge in [-0.2, -0.15) is 0 Å². The fourth-order valence-corrected chi connectivity index (χ4v) is 3.62. The minimum Gasteiger partial charge on any atom is -0.316 e. The van der Waals surface area contributed by atoms with Crippen molar-refractivity contribution < 1.29 is 0 Å². The van der Waals surface area contributed by atoms with Crippen molar-refractivity contribution >= 4 is 27.9 Å². The van der Waals surface area contributed by atoms with Gasteiger partial charge in [0.15, 0.2) is 0 Å². The van der Waals surface area contributed by atoms with Gasteiger partial charge in [-0.3, -0.25) is 4.99 Å². The van der Waals surface area contributed by atoms with Crippen LogP contribution < -0.4 is 5.32 Å². The van der Waals surface area contributed by atoms with Crippen molar-refractivity contribution in [1.82, 2.24) is 5.32 Å². The van der Waals surface area contributed by atoms with Crippen LogP contribution in [0.15, 0.2) is 4.99 Å². The molecule has 1 atom stereocenters. The summed E-state index contributed by atoms with van der Waals surface area (Å²) in [4.78, 5) is 4.41. The third kappa shape index (κ3) is 2.13. The highest BCUT2D eigenvalue weighted by Gasteiger charge is 2.19. The predicted octanol–water partition coefficient (Wildman–Crippen LogP) is 1.18. The van der Waals surface area contributed by atoms with Gasteiger partial charge in [0.2, 0.25) is 0 Å². The first-order chi connectivity index (χ1) is 5.45. The van der Waals surface area contributed by atoms with Crippen molar-refractivity contribution in [3.05, 3.63) is 0 Å². The monoisotopic (exact) mass is 188 g/mol. The van der Waals surface area contributed by atoms with Gasteiger partial charge in [0.05, 0.1) is 6.54 Å². The first-order valence-electron chi connectivity index (χ1n) is 4.00. The van der Waals surface area contributed by atoms with Crippen LogP contribution >= 0.6 is 23.5 Å². The van der Waals surface area contributed by atoms with Crippen molar-refractivity contribution in [3.8, 4) is 0 Å². The summed E-state index contributed by atoms with van der Waals surface area (Å²) in [6, 6.07) is 0. The van der Waals surface area contributed by atoms with E-state index in [4.69, 9.17) is 0 Å². The van der Waals surface area contributed by atoms with E-state index in [0.717, 1.165) is 11.8 Å². The fraction of sp³-hybridized carbons (Fsp3) is 0.857. The van der Waals surface area contributed by atoms with E-state index >= 15 is 0 Å². The van der Waals surface area contributed by atoms with Gasteiger partial charge in [0, 0.05) is 17.5 Å². The molecule has 0 bridgehead atoms. The molecule has 0 spiro atoms. The summed E-state index contributed by atoms with van der Waals surface area (Å²) in [6.45, 7) is 3.40. The average molecular weight is 188 g/mol. The number of rotatable bonds is 1. The van der Waals surface area contributed by atoms with Gasteiger partial charge in [-0.15, -0.1) is 0 Å². The number of nitrogens with one attached hydrogen (secondary N) is 1. The molecule has 0 saturated carbocycles. The summed E-state index contributed by atoms with van der Waals surface area (Å²) in [5.41, 5.74) is 0. The molecule has 0 aromatic rings. The van der Waals surface area contributed by atoms with Crippen molar-refractivity contribution in [1.29, 1.82) is 0 Å². The highest BCUT2D eigenvalue weighted by molar-refractivity contribution is 8.39. The largest absolute Gasteiger partial charge is 0.316 e. The molecule has 62 valence electrons. The van der Waals surface area contributed by atoms with E-state index in [1.807, 2.05) is 23.5 Å². The van der Waals surface area contributed by atoms with Crippen molar-refractivity contribution in [2.45, 2.75) is 11.7 Å². The molecule has 2 aliphatic heterocycles. The Balaban J connectivity index is 1.79. The van der Waals surface area contributed by atoms with Crippen molar-refractivity contribution in [3.63, 3.8) is 0 Å². The van der Waals surface area contributed by atoms with Gasteiger partial charge in [-0.05, 0) is 13.0 Å². The van der Waals surface area contributed by atoms with Gasteiger partial charge in [-0.25, -0.2) is 0 Å². The van der Waals surface area contributed by atoms with E-state index in [1.165, 1.54) is 29.6 Å². The number of hydrogen-bond acceptors (Lipinski definition) is 4.